The Kier molecular flexibility index (Phi) is 8.25. The van der Waals surface area contributed by atoms with Crippen molar-refractivity contribution < 1.29 is 9.53 Å². The number of amides is 1. The van der Waals surface area contributed by atoms with Crippen molar-refractivity contribution >= 4 is 12.1 Å². The maximum absolute atomic E-state index is 11.7. The van der Waals surface area contributed by atoms with Crippen molar-refractivity contribution in [2.45, 2.75) is 51.6 Å². The number of alkyl carbamates (subject to hydrolysis) is 1. The van der Waals surface area contributed by atoms with Crippen LogP contribution in [0.2, 0.25) is 0 Å². The molecule has 0 spiro atoms. The van der Waals surface area contributed by atoms with E-state index < -0.39 is 0 Å². The van der Waals surface area contributed by atoms with E-state index in [1.807, 2.05) is 13.0 Å². The molecule has 1 saturated carbocycles. The van der Waals surface area contributed by atoms with Gasteiger partial charge >= 0.3 is 6.09 Å². The number of benzene rings is 1. The number of rotatable bonds is 9. The number of aliphatic imine (C=N–C) groups is 1. The highest BCUT2D eigenvalue weighted by molar-refractivity contribution is 5.80. The Morgan fingerprint density at radius 2 is 2.00 bits per heavy atom. The lowest BCUT2D eigenvalue weighted by molar-refractivity contribution is 0.146. The second-order valence-electron chi connectivity index (χ2n) is 6.83. The zero-order valence-corrected chi connectivity index (χ0v) is 16.1. The fraction of sp³-hybridized carbons (Fsp3) is 0.600. The molecule has 1 fully saturated rings. The third-order valence-electron chi connectivity index (χ3n) is 4.57. The van der Waals surface area contributed by atoms with E-state index in [2.05, 4.69) is 52.1 Å². The maximum atomic E-state index is 11.7. The normalized spacial score (nSPS) is 16.5. The summed E-state index contributed by atoms with van der Waals surface area (Å²) in [5.41, 5.74) is 1.34. The first-order valence-electron chi connectivity index (χ1n) is 9.56. The molecule has 2 rings (SSSR count). The van der Waals surface area contributed by atoms with Crippen LogP contribution in [0.3, 0.4) is 0 Å². The fourth-order valence-corrected chi connectivity index (χ4v) is 2.89. The number of hydrogen-bond donors (Lipinski definition) is 3. The number of nitrogens with zero attached hydrogens (tertiary/aromatic N) is 1. The first-order chi connectivity index (χ1) is 12.6. The highest BCUT2D eigenvalue weighted by atomic mass is 16.5. The smallest absolute Gasteiger partial charge is 0.407 e. The van der Waals surface area contributed by atoms with Crippen LogP contribution in [0.15, 0.2) is 35.3 Å². The van der Waals surface area contributed by atoms with Crippen molar-refractivity contribution in [3.63, 3.8) is 0 Å². The molecule has 0 radical (unpaired) electrons. The van der Waals surface area contributed by atoms with Gasteiger partial charge in [0.15, 0.2) is 5.96 Å². The van der Waals surface area contributed by atoms with E-state index in [0.717, 1.165) is 31.6 Å². The molecule has 1 aromatic carbocycles. The average molecular weight is 361 g/mol. The van der Waals surface area contributed by atoms with Gasteiger partial charge < -0.3 is 20.7 Å². The van der Waals surface area contributed by atoms with E-state index in [4.69, 9.17) is 4.74 Å². The van der Waals surface area contributed by atoms with E-state index >= 15 is 0 Å². The van der Waals surface area contributed by atoms with Crippen molar-refractivity contribution in [1.29, 1.82) is 0 Å². The summed E-state index contributed by atoms with van der Waals surface area (Å²) >= 11 is 0. The third-order valence-corrected chi connectivity index (χ3v) is 4.57. The first kappa shape index (κ1) is 20.1. The highest BCUT2D eigenvalue weighted by Crippen LogP contribution is 2.32. The van der Waals surface area contributed by atoms with E-state index in [9.17, 15) is 4.79 Å². The van der Waals surface area contributed by atoms with Gasteiger partial charge in [0.1, 0.15) is 0 Å². The Labute approximate surface area is 156 Å². The Morgan fingerprint density at radius 3 is 2.62 bits per heavy atom. The molecule has 2 atom stereocenters. The lowest BCUT2D eigenvalue weighted by atomic mass is 10.1. The molecule has 0 aromatic heterocycles. The second kappa shape index (κ2) is 10.7. The van der Waals surface area contributed by atoms with Crippen molar-refractivity contribution in [1.82, 2.24) is 16.0 Å². The lowest BCUT2D eigenvalue weighted by Gasteiger charge is -2.22. The number of hydrogen-bond acceptors (Lipinski definition) is 3. The highest BCUT2D eigenvalue weighted by Gasteiger charge is 2.32. The van der Waals surface area contributed by atoms with Gasteiger partial charge in [0.25, 0.3) is 0 Å². The van der Waals surface area contributed by atoms with Crippen LogP contribution in [0, 0.1) is 5.92 Å². The van der Waals surface area contributed by atoms with Crippen LogP contribution in [0.4, 0.5) is 4.79 Å². The minimum Gasteiger partial charge on any atom is -0.450 e. The molecule has 2 unspecified atom stereocenters. The van der Waals surface area contributed by atoms with E-state index in [1.165, 1.54) is 5.56 Å². The lowest BCUT2D eigenvalue weighted by Crippen LogP contribution is -2.49. The van der Waals surface area contributed by atoms with Crippen molar-refractivity contribution in [2.75, 3.05) is 20.2 Å². The van der Waals surface area contributed by atoms with Crippen LogP contribution in [0.5, 0.6) is 0 Å². The number of carbonyl (C=O) groups excluding carboxylic acids is 1. The van der Waals surface area contributed by atoms with Gasteiger partial charge in [-0.25, -0.2) is 4.79 Å². The molecule has 3 N–H and O–H groups in total. The van der Waals surface area contributed by atoms with Gasteiger partial charge in [0.05, 0.1) is 12.6 Å². The molecule has 0 saturated heterocycles. The fourth-order valence-electron chi connectivity index (χ4n) is 2.89. The van der Waals surface area contributed by atoms with Crippen LogP contribution in [-0.4, -0.2) is 44.3 Å². The summed E-state index contributed by atoms with van der Waals surface area (Å²) in [6, 6.07) is 10.9. The molecule has 1 aliphatic rings. The van der Waals surface area contributed by atoms with Gasteiger partial charge in [-0.15, -0.1) is 0 Å². The van der Waals surface area contributed by atoms with Crippen LogP contribution in [0.25, 0.3) is 0 Å². The van der Waals surface area contributed by atoms with Gasteiger partial charge in [-0.05, 0) is 51.0 Å². The number of aryl methyl sites for hydroxylation is 1. The molecule has 6 nitrogen and oxygen atoms in total. The van der Waals surface area contributed by atoms with Crippen LogP contribution in [-0.2, 0) is 11.2 Å². The summed E-state index contributed by atoms with van der Waals surface area (Å²) in [5.74, 6) is 1.29. The topological polar surface area (TPSA) is 74.8 Å². The Hall–Kier alpha value is -2.24. The van der Waals surface area contributed by atoms with E-state index in [-0.39, 0.29) is 12.1 Å². The molecule has 1 amide bonds. The van der Waals surface area contributed by atoms with E-state index in [0.29, 0.717) is 25.1 Å². The van der Waals surface area contributed by atoms with Gasteiger partial charge in [-0.1, -0.05) is 30.3 Å². The van der Waals surface area contributed by atoms with Crippen LogP contribution in [0.1, 0.15) is 38.7 Å². The summed E-state index contributed by atoms with van der Waals surface area (Å²) in [5, 5.41) is 9.71. The largest absolute Gasteiger partial charge is 0.450 e. The first-order valence-corrected chi connectivity index (χ1v) is 9.56. The summed E-state index contributed by atoms with van der Waals surface area (Å²) in [6.45, 7) is 5.00. The predicted molar refractivity (Wildman–Crippen MR) is 105 cm³/mol. The standard InChI is InChI=1S/C20H32N4O2/c1-4-26-20(25)24-18(17-12-13-17)14-22-19(21-3)23-15(2)10-11-16-8-6-5-7-9-16/h5-9,15,17-18H,4,10-14H2,1-3H3,(H,24,25)(H2,21,22,23). The molecule has 1 aliphatic carbocycles. The molecular weight excluding hydrogens is 328 g/mol. The quantitative estimate of drug-likeness (QED) is 0.468. The number of carbonyl (C=O) groups is 1. The molecule has 0 aliphatic heterocycles. The Bertz CT molecular complexity index is 572. The van der Waals surface area contributed by atoms with Crippen LogP contribution < -0.4 is 16.0 Å². The Balaban J connectivity index is 1.74. The third kappa shape index (κ3) is 7.33. The minimum absolute atomic E-state index is 0.0761. The summed E-state index contributed by atoms with van der Waals surface area (Å²) < 4.78 is 5.00. The average Bonchev–Trinajstić information content (AvgIpc) is 3.48. The monoisotopic (exact) mass is 360 g/mol. The molecule has 26 heavy (non-hydrogen) atoms. The zero-order valence-electron chi connectivity index (χ0n) is 16.1. The molecule has 0 heterocycles. The van der Waals surface area contributed by atoms with Crippen molar-refractivity contribution in [2.24, 2.45) is 10.9 Å². The van der Waals surface area contributed by atoms with Gasteiger partial charge in [0, 0.05) is 19.6 Å². The molecule has 0 bridgehead atoms. The summed E-state index contributed by atoms with van der Waals surface area (Å²) in [6.07, 6.45) is 4.01. The van der Waals surface area contributed by atoms with Gasteiger partial charge in [-0.2, -0.15) is 0 Å². The second-order valence-corrected chi connectivity index (χ2v) is 6.83. The summed E-state index contributed by atoms with van der Waals surface area (Å²) in [7, 11) is 1.77. The SMILES string of the molecule is CCOC(=O)NC(CNC(=NC)NC(C)CCc1ccccc1)C1CC1. The van der Waals surface area contributed by atoms with E-state index in [1.54, 1.807) is 7.05 Å². The number of ether oxygens (including phenoxy) is 1. The van der Waals surface area contributed by atoms with Gasteiger partial charge in [-0.3, -0.25) is 4.99 Å². The van der Waals surface area contributed by atoms with Crippen molar-refractivity contribution in [3.05, 3.63) is 35.9 Å². The molecule has 144 valence electrons. The molecule has 6 heteroatoms. The molecular formula is C20H32N4O2. The maximum Gasteiger partial charge on any atom is 0.407 e. The van der Waals surface area contributed by atoms with Gasteiger partial charge in [0.2, 0.25) is 0 Å². The van der Waals surface area contributed by atoms with Crippen molar-refractivity contribution in [3.8, 4) is 0 Å². The Morgan fingerprint density at radius 1 is 1.27 bits per heavy atom. The molecule has 1 aromatic rings. The zero-order chi connectivity index (χ0) is 18.8. The van der Waals surface area contributed by atoms with Crippen LogP contribution >= 0.6 is 0 Å². The number of nitrogens with one attached hydrogen (secondary N) is 3. The predicted octanol–water partition coefficient (Wildman–Crippen LogP) is 2.70. The summed E-state index contributed by atoms with van der Waals surface area (Å²) in [4.78, 5) is 16.0. The number of guanidine groups is 1. The minimum atomic E-state index is -0.342.